The molecule has 2 heterocycles. The van der Waals surface area contributed by atoms with Crippen molar-refractivity contribution in [3.05, 3.63) is 42.7 Å². The zero-order valence-corrected chi connectivity index (χ0v) is 16.1. The van der Waals surface area contributed by atoms with Gasteiger partial charge in [0.25, 0.3) is 0 Å². The number of likely N-dealkylation sites (N-methyl/N-ethyl adjacent to an activating group) is 1. The maximum absolute atomic E-state index is 6.19. The summed E-state index contributed by atoms with van der Waals surface area (Å²) in [4.78, 5) is 15.5. The van der Waals surface area contributed by atoms with Crippen molar-refractivity contribution in [3.63, 3.8) is 0 Å². The highest BCUT2D eigenvalue weighted by Crippen LogP contribution is 2.33. The number of benzene rings is 2. The van der Waals surface area contributed by atoms with Crippen molar-refractivity contribution in [3.8, 4) is 11.5 Å². The number of hydrogen-bond donors (Lipinski definition) is 1. The Bertz CT molecular complexity index is 1140. The van der Waals surface area contributed by atoms with Crippen molar-refractivity contribution < 1.29 is 9.47 Å². The third-order valence-electron chi connectivity index (χ3n) is 4.76. The molecule has 4 aromatic rings. The van der Waals surface area contributed by atoms with Crippen LogP contribution in [0.4, 0.5) is 11.8 Å². The fourth-order valence-corrected chi connectivity index (χ4v) is 3.18. The number of ether oxygens (including phenoxy) is 2. The van der Waals surface area contributed by atoms with Gasteiger partial charge in [0.2, 0.25) is 5.95 Å². The van der Waals surface area contributed by atoms with E-state index in [-0.39, 0.29) is 0 Å². The van der Waals surface area contributed by atoms with Crippen LogP contribution >= 0.6 is 0 Å². The highest BCUT2D eigenvalue weighted by molar-refractivity contribution is 5.91. The third kappa shape index (κ3) is 3.13. The fraction of sp³-hybridized carbons (Fsp3) is 0.250. The molecule has 2 aromatic carbocycles. The predicted octanol–water partition coefficient (Wildman–Crippen LogP) is 2.72. The Morgan fingerprint density at radius 3 is 2.57 bits per heavy atom. The minimum atomic E-state index is 0.404. The molecule has 0 aliphatic heterocycles. The average Bonchev–Trinajstić information content (AvgIpc) is 3.14. The molecule has 0 aliphatic carbocycles. The van der Waals surface area contributed by atoms with E-state index in [0.29, 0.717) is 35.3 Å². The van der Waals surface area contributed by atoms with Gasteiger partial charge in [-0.3, -0.25) is 0 Å². The van der Waals surface area contributed by atoms with E-state index in [1.807, 2.05) is 42.5 Å². The zero-order chi connectivity index (χ0) is 19.7. The second-order valence-electron chi connectivity index (χ2n) is 6.48. The number of para-hydroxylation sites is 2. The molecule has 144 valence electrons. The first-order valence-electron chi connectivity index (χ1n) is 8.91. The molecule has 0 aliphatic rings. The summed E-state index contributed by atoms with van der Waals surface area (Å²) in [5, 5.41) is 0.732. The molecule has 0 saturated carbocycles. The molecule has 2 N–H and O–H groups in total. The minimum absolute atomic E-state index is 0.404. The lowest BCUT2D eigenvalue weighted by molar-refractivity contribution is 0.356. The first kappa shape index (κ1) is 17.8. The first-order valence-corrected chi connectivity index (χ1v) is 8.91. The molecule has 0 radical (unpaired) electrons. The Labute approximate surface area is 162 Å². The lowest BCUT2D eigenvalue weighted by Gasteiger charge is -2.19. The van der Waals surface area contributed by atoms with E-state index in [1.165, 1.54) is 0 Å². The van der Waals surface area contributed by atoms with E-state index in [2.05, 4.69) is 25.6 Å². The van der Waals surface area contributed by atoms with Gasteiger partial charge in [-0.05, 0) is 18.2 Å². The van der Waals surface area contributed by atoms with Gasteiger partial charge < -0.3 is 24.7 Å². The molecule has 0 bridgehead atoms. The molecule has 28 heavy (non-hydrogen) atoms. The molecule has 0 amide bonds. The number of rotatable bonds is 6. The molecule has 4 rings (SSSR count). The molecule has 0 saturated heterocycles. The van der Waals surface area contributed by atoms with Gasteiger partial charge in [-0.15, -0.1) is 0 Å². The molecule has 8 heteroatoms. The van der Waals surface area contributed by atoms with Crippen LogP contribution in [0.25, 0.3) is 21.9 Å². The van der Waals surface area contributed by atoms with E-state index in [0.717, 1.165) is 23.0 Å². The Morgan fingerprint density at radius 1 is 1.04 bits per heavy atom. The molecule has 0 atom stereocenters. The number of methoxy groups -OCH3 is 2. The van der Waals surface area contributed by atoms with Crippen molar-refractivity contribution in [1.82, 2.24) is 19.5 Å². The summed E-state index contributed by atoms with van der Waals surface area (Å²) in [5.41, 5.74) is 8.98. The SMILES string of the molecule is COc1cc2nc(N(C)CCn3cnc4ccccc43)nc(N)c2cc1OC. The molecule has 2 aromatic heterocycles. The van der Waals surface area contributed by atoms with Crippen molar-refractivity contribution in [2.45, 2.75) is 6.54 Å². The summed E-state index contributed by atoms with van der Waals surface area (Å²) < 4.78 is 12.8. The zero-order valence-electron chi connectivity index (χ0n) is 16.1. The smallest absolute Gasteiger partial charge is 0.227 e. The summed E-state index contributed by atoms with van der Waals surface area (Å²) in [6.45, 7) is 1.46. The molecular weight excluding hydrogens is 356 g/mol. The van der Waals surface area contributed by atoms with Gasteiger partial charge in [0.1, 0.15) is 5.82 Å². The van der Waals surface area contributed by atoms with Gasteiger partial charge in [-0.1, -0.05) is 12.1 Å². The molecule has 0 spiro atoms. The summed E-state index contributed by atoms with van der Waals surface area (Å²) >= 11 is 0. The fourth-order valence-electron chi connectivity index (χ4n) is 3.18. The summed E-state index contributed by atoms with van der Waals surface area (Å²) in [5.74, 6) is 2.16. The topological polar surface area (TPSA) is 91.3 Å². The van der Waals surface area contributed by atoms with Crippen LogP contribution in [0.2, 0.25) is 0 Å². The number of nitrogen functional groups attached to an aromatic ring is 1. The molecule has 0 unspecified atom stereocenters. The summed E-state index contributed by atoms with van der Waals surface area (Å²) in [6.07, 6.45) is 1.85. The summed E-state index contributed by atoms with van der Waals surface area (Å²) in [6, 6.07) is 11.7. The van der Waals surface area contributed by atoms with Gasteiger partial charge in [-0.25, -0.2) is 9.97 Å². The monoisotopic (exact) mass is 378 g/mol. The van der Waals surface area contributed by atoms with Gasteiger partial charge >= 0.3 is 0 Å². The Kier molecular flexibility index (Phi) is 4.60. The quantitative estimate of drug-likeness (QED) is 0.551. The van der Waals surface area contributed by atoms with Crippen molar-refractivity contribution in [1.29, 1.82) is 0 Å². The standard InChI is InChI=1S/C20H22N6O2/c1-25(8-9-26-12-22-14-6-4-5-7-16(14)26)20-23-15-11-18(28-3)17(27-2)10-13(15)19(21)24-20/h4-7,10-12H,8-9H2,1-3H3,(H2,21,23,24). The maximum Gasteiger partial charge on any atom is 0.227 e. The van der Waals surface area contributed by atoms with Crippen LogP contribution in [-0.4, -0.2) is 47.3 Å². The van der Waals surface area contributed by atoms with Crippen molar-refractivity contribution >= 4 is 33.7 Å². The predicted molar refractivity (Wildman–Crippen MR) is 110 cm³/mol. The summed E-state index contributed by atoms with van der Waals surface area (Å²) in [7, 11) is 5.12. The van der Waals surface area contributed by atoms with Gasteiger partial charge in [0.15, 0.2) is 11.5 Å². The normalized spacial score (nSPS) is 11.1. The van der Waals surface area contributed by atoms with Gasteiger partial charge in [0, 0.05) is 31.6 Å². The van der Waals surface area contributed by atoms with E-state index < -0.39 is 0 Å². The Balaban J connectivity index is 1.60. The number of aromatic nitrogens is 4. The first-order chi connectivity index (χ1) is 13.6. The highest BCUT2D eigenvalue weighted by Gasteiger charge is 2.14. The van der Waals surface area contributed by atoms with Crippen LogP contribution in [0.15, 0.2) is 42.7 Å². The van der Waals surface area contributed by atoms with Crippen LogP contribution < -0.4 is 20.1 Å². The molecule has 0 fully saturated rings. The largest absolute Gasteiger partial charge is 0.493 e. The third-order valence-corrected chi connectivity index (χ3v) is 4.76. The highest BCUT2D eigenvalue weighted by atomic mass is 16.5. The van der Waals surface area contributed by atoms with E-state index in [1.54, 1.807) is 20.3 Å². The lowest BCUT2D eigenvalue weighted by Crippen LogP contribution is -2.24. The minimum Gasteiger partial charge on any atom is -0.493 e. The van der Waals surface area contributed by atoms with Crippen LogP contribution in [0.5, 0.6) is 11.5 Å². The number of imidazole rings is 1. The number of nitrogens with two attached hydrogens (primary N) is 1. The van der Waals surface area contributed by atoms with Crippen LogP contribution in [0.3, 0.4) is 0 Å². The second-order valence-corrected chi connectivity index (χ2v) is 6.48. The van der Waals surface area contributed by atoms with Gasteiger partial charge in [-0.2, -0.15) is 4.98 Å². The van der Waals surface area contributed by atoms with E-state index in [9.17, 15) is 0 Å². The maximum atomic E-state index is 6.19. The Morgan fingerprint density at radius 2 is 1.79 bits per heavy atom. The number of anilines is 2. The molecule has 8 nitrogen and oxygen atoms in total. The number of fused-ring (bicyclic) bond motifs is 2. The lowest BCUT2D eigenvalue weighted by atomic mass is 10.2. The number of hydrogen-bond acceptors (Lipinski definition) is 7. The van der Waals surface area contributed by atoms with Crippen LogP contribution in [-0.2, 0) is 6.54 Å². The van der Waals surface area contributed by atoms with E-state index >= 15 is 0 Å². The van der Waals surface area contributed by atoms with Crippen LogP contribution in [0.1, 0.15) is 0 Å². The van der Waals surface area contributed by atoms with Crippen molar-refractivity contribution in [2.75, 3.05) is 38.4 Å². The van der Waals surface area contributed by atoms with Gasteiger partial charge in [0.05, 0.1) is 37.1 Å². The molecular formula is C20H22N6O2. The van der Waals surface area contributed by atoms with E-state index in [4.69, 9.17) is 15.2 Å². The number of nitrogens with zero attached hydrogens (tertiary/aromatic N) is 5. The Hall–Kier alpha value is -3.55. The second kappa shape index (κ2) is 7.22. The van der Waals surface area contributed by atoms with Crippen LogP contribution in [0, 0.1) is 0 Å². The average molecular weight is 378 g/mol. The van der Waals surface area contributed by atoms with Crippen molar-refractivity contribution in [2.24, 2.45) is 0 Å².